The monoisotopic (exact) mass is 380 g/mol. The van der Waals surface area contributed by atoms with E-state index in [9.17, 15) is 26.4 Å². The Kier molecular flexibility index (Phi) is 6.34. The van der Waals surface area contributed by atoms with Gasteiger partial charge >= 0.3 is 11.9 Å². The maximum absolute atomic E-state index is 11.9. The van der Waals surface area contributed by atoms with Crippen LogP contribution in [0.1, 0.15) is 6.92 Å². The lowest BCUT2D eigenvalue weighted by molar-refractivity contribution is -0.166. The number of hydrogen-bond donors (Lipinski definition) is 0. The fraction of sp³-hybridized carbons (Fsp3) is 0.500. The normalized spacial score (nSPS) is 27.7. The Bertz CT molecular complexity index is 728. The minimum Gasteiger partial charge on any atom is -0.450 e. The predicted molar refractivity (Wildman–Crippen MR) is 76.6 cm³/mol. The average Bonchev–Trinajstić information content (AvgIpc) is 2.58. The number of esters is 2. The first-order chi connectivity index (χ1) is 11.1. The first-order valence-electron chi connectivity index (χ1n) is 6.11. The highest BCUT2D eigenvalue weighted by atomic mass is 32.3. The highest BCUT2D eigenvalue weighted by Gasteiger charge is 2.52. The smallest absolute Gasteiger partial charge is 0.341 e. The molecule has 1 rings (SSSR count). The van der Waals surface area contributed by atoms with E-state index >= 15 is 0 Å². The summed E-state index contributed by atoms with van der Waals surface area (Å²) in [5, 5.41) is 0. The van der Waals surface area contributed by atoms with E-state index in [1.165, 1.54) is 0 Å². The van der Waals surface area contributed by atoms with Crippen LogP contribution in [0.25, 0.3) is 0 Å². The molecule has 1 aliphatic heterocycles. The zero-order valence-corrected chi connectivity index (χ0v) is 13.8. The van der Waals surface area contributed by atoms with Crippen LogP contribution in [-0.2, 0) is 47.7 Å². The van der Waals surface area contributed by atoms with Crippen molar-refractivity contribution in [3.8, 4) is 24.7 Å². The summed E-state index contributed by atoms with van der Waals surface area (Å²) in [7, 11) is -9.65. The fourth-order valence-electron chi connectivity index (χ4n) is 1.41. The summed E-state index contributed by atoms with van der Waals surface area (Å²) in [5.74, 6) is 1.00. The molecular formula is C12H12O10S2. The molecule has 132 valence electrons. The summed E-state index contributed by atoms with van der Waals surface area (Å²) < 4.78 is 63.2. The molecule has 0 aromatic rings. The molecule has 0 aromatic carbocycles. The molecule has 2 unspecified atom stereocenters. The molecule has 10 nitrogen and oxygen atoms in total. The van der Waals surface area contributed by atoms with Gasteiger partial charge in [0.15, 0.2) is 13.2 Å². The van der Waals surface area contributed by atoms with Gasteiger partial charge < -0.3 is 9.47 Å². The van der Waals surface area contributed by atoms with Crippen LogP contribution in [0.15, 0.2) is 0 Å². The van der Waals surface area contributed by atoms with Gasteiger partial charge in [-0.3, -0.25) is 8.37 Å². The second kappa shape index (κ2) is 7.63. The molecule has 0 amide bonds. The molecule has 24 heavy (non-hydrogen) atoms. The molecule has 1 fully saturated rings. The van der Waals surface area contributed by atoms with Gasteiger partial charge in [-0.15, -0.1) is 12.8 Å². The van der Waals surface area contributed by atoms with E-state index in [1.54, 1.807) is 0 Å². The SMILES string of the molecule is C#CCOC(=O)C1OS(=O)(=O)C(C)S(=O)(=O)OC1C(=O)OCC#C. The number of ether oxygens (including phenoxy) is 2. The second-order valence-electron chi connectivity index (χ2n) is 4.21. The summed E-state index contributed by atoms with van der Waals surface area (Å²) >= 11 is 0. The van der Waals surface area contributed by atoms with Crippen LogP contribution in [0.4, 0.5) is 0 Å². The van der Waals surface area contributed by atoms with E-state index in [0.29, 0.717) is 0 Å². The Hall–Kier alpha value is -2.12. The van der Waals surface area contributed by atoms with E-state index in [2.05, 4.69) is 17.8 Å². The third-order valence-electron chi connectivity index (χ3n) is 2.62. The van der Waals surface area contributed by atoms with Gasteiger partial charge in [-0.25, -0.2) is 9.59 Å². The molecular weight excluding hydrogens is 368 g/mol. The van der Waals surface area contributed by atoms with Gasteiger partial charge in [-0.2, -0.15) is 16.8 Å². The molecule has 1 aliphatic rings. The van der Waals surface area contributed by atoms with Crippen molar-refractivity contribution in [3.05, 3.63) is 0 Å². The van der Waals surface area contributed by atoms with Crippen LogP contribution in [0, 0.1) is 24.7 Å². The van der Waals surface area contributed by atoms with E-state index in [0.717, 1.165) is 6.92 Å². The first kappa shape index (κ1) is 19.9. The topological polar surface area (TPSA) is 139 Å². The molecule has 0 spiro atoms. The third-order valence-corrected chi connectivity index (χ3v) is 6.62. The Labute approximate surface area is 138 Å². The van der Waals surface area contributed by atoms with E-state index in [-0.39, 0.29) is 0 Å². The van der Waals surface area contributed by atoms with Crippen molar-refractivity contribution in [1.82, 2.24) is 0 Å². The van der Waals surface area contributed by atoms with Gasteiger partial charge in [0, 0.05) is 0 Å². The molecule has 0 radical (unpaired) electrons. The summed E-state index contributed by atoms with van der Waals surface area (Å²) in [6.45, 7) is -0.413. The average molecular weight is 380 g/mol. The van der Waals surface area contributed by atoms with E-state index in [4.69, 9.17) is 12.8 Å². The van der Waals surface area contributed by atoms with E-state index < -0.39 is 62.2 Å². The van der Waals surface area contributed by atoms with Crippen molar-refractivity contribution in [2.45, 2.75) is 23.7 Å². The number of terminal acetylenes is 2. The van der Waals surface area contributed by atoms with E-state index in [1.807, 2.05) is 11.8 Å². The Morgan fingerprint density at radius 1 is 0.917 bits per heavy atom. The Morgan fingerprint density at radius 2 is 1.25 bits per heavy atom. The van der Waals surface area contributed by atoms with Crippen LogP contribution in [-0.4, -0.2) is 58.8 Å². The lowest BCUT2D eigenvalue weighted by Crippen LogP contribution is -2.45. The van der Waals surface area contributed by atoms with Crippen molar-refractivity contribution < 1.29 is 44.3 Å². The molecule has 0 bridgehead atoms. The predicted octanol–water partition coefficient (Wildman–Crippen LogP) is -1.87. The highest BCUT2D eigenvalue weighted by Crippen LogP contribution is 2.26. The zero-order valence-electron chi connectivity index (χ0n) is 12.2. The molecule has 1 heterocycles. The van der Waals surface area contributed by atoms with Gasteiger partial charge in [-0.1, -0.05) is 11.8 Å². The first-order valence-corrected chi connectivity index (χ1v) is 9.05. The summed E-state index contributed by atoms with van der Waals surface area (Å²) in [6.07, 6.45) is 5.24. The van der Waals surface area contributed by atoms with Crippen LogP contribution in [0.5, 0.6) is 0 Å². The lowest BCUT2D eigenvalue weighted by Gasteiger charge is -2.19. The highest BCUT2D eigenvalue weighted by molar-refractivity contribution is 8.04. The van der Waals surface area contributed by atoms with Crippen LogP contribution in [0.2, 0.25) is 0 Å². The third kappa shape index (κ3) is 4.46. The molecule has 12 heteroatoms. The second-order valence-corrected chi connectivity index (χ2v) is 8.28. The molecule has 0 aliphatic carbocycles. The standard InChI is InChI=1S/C12H12O10S2/c1-4-6-19-11(13)9-10(12(14)20-7-5-2)22-24(17,18)8(3)23(15,16)21-9/h1-2,8-10H,6-7H2,3H3. The number of carbonyl (C=O) groups excluding carboxylic acids is 2. The Balaban J connectivity index is 3.31. The summed E-state index contributed by atoms with van der Waals surface area (Å²) in [5.41, 5.74) is 0. The van der Waals surface area contributed by atoms with Crippen LogP contribution < -0.4 is 0 Å². The van der Waals surface area contributed by atoms with Gasteiger partial charge in [0.1, 0.15) is 0 Å². The van der Waals surface area contributed by atoms with Crippen molar-refractivity contribution >= 4 is 32.2 Å². The van der Waals surface area contributed by atoms with Crippen LogP contribution >= 0.6 is 0 Å². The van der Waals surface area contributed by atoms with Gasteiger partial charge in [0.2, 0.25) is 16.8 Å². The molecule has 2 atom stereocenters. The van der Waals surface area contributed by atoms with Crippen LogP contribution in [0.3, 0.4) is 0 Å². The largest absolute Gasteiger partial charge is 0.450 e. The van der Waals surface area contributed by atoms with Crippen molar-refractivity contribution in [3.63, 3.8) is 0 Å². The molecule has 0 N–H and O–H groups in total. The number of carbonyl (C=O) groups is 2. The minimum atomic E-state index is -4.83. The van der Waals surface area contributed by atoms with Gasteiger partial charge in [0.05, 0.1) is 0 Å². The van der Waals surface area contributed by atoms with Crippen molar-refractivity contribution in [1.29, 1.82) is 0 Å². The molecule has 1 saturated heterocycles. The van der Waals surface area contributed by atoms with Gasteiger partial charge in [-0.05, 0) is 6.92 Å². The zero-order chi connectivity index (χ0) is 18.5. The Morgan fingerprint density at radius 3 is 1.54 bits per heavy atom. The van der Waals surface area contributed by atoms with Gasteiger partial charge in [0.25, 0.3) is 20.2 Å². The molecule has 0 aromatic heterocycles. The maximum atomic E-state index is 11.9. The van der Waals surface area contributed by atoms with Crippen molar-refractivity contribution in [2.24, 2.45) is 0 Å². The number of rotatable bonds is 4. The lowest BCUT2D eigenvalue weighted by atomic mass is 10.2. The summed E-state index contributed by atoms with van der Waals surface area (Å²) in [6, 6.07) is 0. The number of hydrogen-bond acceptors (Lipinski definition) is 10. The quantitative estimate of drug-likeness (QED) is 0.309. The molecule has 0 saturated carbocycles. The fourth-order valence-corrected chi connectivity index (χ4v) is 4.08. The summed E-state index contributed by atoms with van der Waals surface area (Å²) in [4.78, 5) is 23.7. The maximum Gasteiger partial charge on any atom is 0.341 e. The minimum absolute atomic E-state index is 0.576. The van der Waals surface area contributed by atoms with Crippen molar-refractivity contribution in [2.75, 3.05) is 13.2 Å².